The van der Waals surface area contributed by atoms with Crippen LogP contribution in [0.25, 0.3) is 0 Å². The highest BCUT2D eigenvalue weighted by Crippen LogP contribution is 2.09. The average Bonchev–Trinajstić information content (AvgIpc) is 2.73. The third kappa shape index (κ3) is 6.01. The van der Waals surface area contributed by atoms with E-state index >= 15 is 0 Å². The lowest BCUT2D eigenvalue weighted by Gasteiger charge is -2.24. The lowest BCUT2D eigenvalue weighted by atomic mass is 10.1. The molecule has 2 N–H and O–H groups in total. The monoisotopic (exact) mass is 367 g/mol. The molecule has 1 amide bonds. The summed E-state index contributed by atoms with van der Waals surface area (Å²) < 4.78 is 5.42. The summed E-state index contributed by atoms with van der Waals surface area (Å²) in [5.74, 6) is -0.0881. The molecule has 0 aromatic heterocycles. The molecular weight excluding hydrogens is 340 g/mol. The van der Waals surface area contributed by atoms with Gasteiger partial charge in [-0.3, -0.25) is 9.59 Å². The van der Waals surface area contributed by atoms with Crippen molar-refractivity contribution in [3.05, 3.63) is 71.3 Å². The average molecular weight is 367 g/mol. The number of quaternary nitrogens is 1. The summed E-state index contributed by atoms with van der Waals surface area (Å²) >= 11 is 0. The van der Waals surface area contributed by atoms with Gasteiger partial charge in [-0.1, -0.05) is 54.6 Å². The van der Waals surface area contributed by atoms with Crippen LogP contribution in [0.1, 0.15) is 34.3 Å². The summed E-state index contributed by atoms with van der Waals surface area (Å²) in [5.41, 5.74) is 3.05. The molecule has 0 unspecified atom stereocenters. The van der Waals surface area contributed by atoms with Gasteiger partial charge in [0, 0.05) is 30.5 Å². The molecule has 5 heteroatoms. The fraction of sp³-hybridized carbons (Fsp3) is 0.364. The number of carbonyl (C=O) groups excluding carboxylic acids is 2. The number of rotatable bonds is 8. The molecule has 1 heterocycles. The van der Waals surface area contributed by atoms with E-state index in [4.69, 9.17) is 4.74 Å². The first-order chi connectivity index (χ1) is 13.2. The zero-order chi connectivity index (χ0) is 18.9. The third-order valence-electron chi connectivity index (χ3n) is 4.91. The number of benzene rings is 2. The number of hydrogen-bond acceptors (Lipinski definition) is 3. The number of ketones is 1. The van der Waals surface area contributed by atoms with Crippen LogP contribution >= 0.6 is 0 Å². The van der Waals surface area contributed by atoms with Gasteiger partial charge in [0.25, 0.3) is 0 Å². The molecule has 1 aliphatic heterocycles. The second-order valence-corrected chi connectivity index (χ2v) is 6.87. The Labute approximate surface area is 160 Å². The minimum absolute atomic E-state index is 0.00191. The van der Waals surface area contributed by atoms with E-state index in [2.05, 4.69) is 17.4 Å². The fourth-order valence-electron chi connectivity index (χ4n) is 3.29. The van der Waals surface area contributed by atoms with E-state index in [1.165, 1.54) is 10.5 Å². The van der Waals surface area contributed by atoms with E-state index in [0.29, 0.717) is 12.1 Å². The smallest absolute Gasteiger partial charge is 0.220 e. The summed E-state index contributed by atoms with van der Waals surface area (Å²) in [6.07, 6.45) is 0.444. The molecule has 0 bridgehead atoms. The summed E-state index contributed by atoms with van der Waals surface area (Å²) in [6.45, 7) is 5.10. The quantitative estimate of drug-likeness (QED) is 0.693. The van der Waals surface area contributed by atoms with Crippen molar-refractivity contribution in [1.82, 2.24) is 5.32 Å². The standard InChI is InChI=1S/C22H26N2O3/c25-21(18-6-2-1-3-7-18)10-11-22(26)23-16-19-8-4-5-9-20(19)17-24-12-14-27-15-13-24/h1-9H,10-17H2,(H,23,26)/p+1. The summed E-state index contributed by atoms with van der Waals surface area (Å²) in [4.78, 5) is 25.8. The number of nitrogens with one attached hydrogen (secondary N) is 2. The van der Waals surface area contributed by atoms with Gasteiger partial charge >= 0.3 is 0 Å². The van der Waals surface area contributed by atoms with Crippen molar-refractivity contribution in [2.45, 2.75) is 25.9 Å². The molecule has 0 atom stereocenters. The Morgan fingerprint density at radius 3 is 2.30 bits per heavy atom. The molecule has 1 saturated heterocycles. The largest absolute Gasteiger partial charge is 0.370 e. The van der Waals surface area contributed by atoms with Crippen LogP contribution < -0.4 is 10.2 Å². The van der Waals surface area contributed by atoms with Crippen molar-refractivity contribution in [2.75, 3.05) is 26.3 Å². The zero-order valence-corrected chi connectivity index (χ0v) is 15.6. The maximum absolute atomic E-state index is 12.2. The fourth-order valence-corrected chi connectivity index (χ4v) is 3.29. The molecule has 0 saturated carbocycles. The highest BCUT2D eigenvalue weighted by molar-refractivity contribution is 5.97. The zero-order valence-electron chi connectivity index (χ0n) is 15.6. The maximum Gasteiger partial charge on any atom is 0.220 e. The van der Waals surface area contributed by atoms with Gasteiger partial charge in [0.05, 0.1) is 13.2 Å². The summed E-state index contributed by atoms with van der Waals surface area (Å²) in [5, 5.41) is 2.96. The Bertz CT molecular complexity index is 755. The lowest BCUT2D eigenvalue weighted by molar-refractivity contribution is -0.921. The number of morpholine rings is 1. The number of amides is 1. The Kier molecular flexibility index (Phi) is 7.13. The van der Waals surface area contributed by atoms with Crippen LogP contribution in [0.5, 0.6) is 0 Å². The normalized spacial score (nSPS) is 14.7. The maximum atomic E-state index is 12.2. The molecule has 1 aliphatic rings. The Morgan fingerprint density at radius 1 is 0.889 bits per heavy atom. The minimum Gasteiger partial charge on any atom is -0.370 e. The van der Waals surface area contributed by atoms with Crippen LogP contribution in [0.15, 0.2) is 54.6 Å². The van der Waals surface area contributed by atoms with Gasteiger partial charge in [-0.15, -0.1) is 0 Å². The highest BCUT2D eigenvalue weighted by Gasteiger charge is 2.16. The second-order valence-electron chi connectivity index (χ2n) is 6.87. The van der Waals surface area contributed by atoms with Gasteiger partial charge in [-0.25, -0.2) is 0 Å². The molecule has 2 aromatic rings. The van der Waals surface area contributed by atoms with Crippen LogP contribution in [0, 0.1) is 0 Å². The molecule has 5 nitrogen and oxygen atoms in total. The molecule has 0 aliphatic carbocycles. The van der Waals surface area contributed by atoms with Crippen LogP contribution in [0.3, 0.4) is 0 Å². The van der Waals surface area contributed by atoms with Gasteiger partial charge in [0.15, 0.2) is 5.78 Å². The van der Waals surface area contributed by atoms with Crippen LogP contribution in [-0.4, -0.2) is 38.0 Å². The van der Waals surface area contributed by atoms with Crippen molar-refractivity contribution < 1.29 is 19.2 Å². The number of ether oxygens (including phenoxy) is 1. The minimum atomic E-state index is -0.0900. The van der Waals surface area contributed by atoms with Crippen LogP contribution in [-0.2, 0) is 22.6 Å². The first kappa shape index (κ1) is 19.3. The predicted octanol–water partition coefficient (Wildman–Crippen LogP) is 1.38. The van der Waals surface area contributed by atoms with Gasteiger partial charge < -0.3 is 15.0 Å². The molecule has 1 fully saturated rings. The lowest BCUT2D eigenvalue weighted by Crippen LogP contribution is -3.12. The van der Waals surface area contributed by atoms with Gasteiger partial charge in [0.1, 0.15) is 19.6 Å². The van der Waals surface area contributed by atoms with Crippen LogP contribution in [0.2, 0.25) is 0 Å². The first-order valence-corrected chi connectivity index (χ1v) is 9.55. The Morgan fingerprint density at radius 2 is 1.56 bits per heavy atom. The molecule has 0 spiro atoms. The van der Waals surface area contributed by atoms with Crippen molar-refractivity contribution >= 4 is 11.7 Å². The third-order valence-corrected chi connectivity index (χ3v) is 4.91. The van der Waals surface area contributed by atoms with Crippen molar-refractivity contribution in [2.24, 2.45) is 0 Å². The predicted molar refractivity (Wildman–Crippen MR) is 104 cm³/mol. The molecule has 27 heavy (non-hydrogen) atoms. The summed E-state index contributed by atoms with van der Waals surface area (Å²) in [6, 6.07) is 17.3. The molecule has 142 valence electrons. The van der Waals surface area contributed by atoms with E-state index in [9.17, 15) is 9.59 Å². The van der Waals surface area contributed by atoms with E-state index < -0.39 is 0 Å². The van der Waals surface area contributed by atoms with Crippen molar-refractivity contribution in [3.8, 4) is 0 Å². The van der Waals surface area contributed by atoms with Crippen molar-refractivity contribution in [1.29, 1.82) is 0 Å². The topological polar surface area (TPSA) is 59.8 Å². The number of hydrogen-bond donors (Lipinski definition) is 2. The SMILES string of the molecule is O=C(CCC(=O)c1ccccc1)NCc1ccccc1C[NH+]1CCOCC1. The van der Waals surface area contributed by atoms with E-state index in [1.54, 1.807) is 12.1 Å². The second kappa shape index (κ2) is 10.00. The summed E-state index contributed by atoms with van der Waals surface area (Å²) in [7, 11) is 0. The molecule has 3 rings (SSSR count). The molecule has 2 aromatic carbocycles. The Hall–Kier alpha value is -2.50. The van der Waals surface area contributed by atoms with E-state index in [-0.39, 0.29) is 24.5 Å². The number of Topliss-reactive ketones (excluding diaryl/α,β-unsaturated/α-hetero) is 1. The van der Waals surface area contributed by atoms with Gasteiger partial charge in [-0.2, -0.15) is 0 Å². The number of carbonyl (C=O) groups is 2. The first-order valence-electron chi connectivity index (χ1n) is 9.55. The Balaban J connectivity index is 1.48. The van der Waals surface area contributed by atoms with Gasteiger partial charge in [0.2, 0.25) is 5.91 Å². The van der Waals surface area contributed by atoms with Gasteiger partial charge in [-0.05, 0) is 5.56 Å². The van der Waals surface area contributed by atoms with E-state index in [1.807, 2.05) is 30.3 Å². The molecular formula is C22H27N2O3+. The van der Waals surface area contributed by atoms with Crippen molar-refractivity contribution in [3.63, 3.8) is 0 Å². The van der Waals surface area contributed by atoms with Crippen LogP contribution in [0.4, 0.5) is 0 Å². The highest BCUT2D eigenvalue weighted by atomic mass is 16.5. The molecule has 0 radical (unpaired) electrons. The van der Waals surface area contributed by atoms with E-state index in [0.717, 1.165) is 38.4 Å².